The number of rotatable bonds is 10. The molecule has 1 rings (SSSR count). The van der Waals surface area contributed by atoms with Gasteiger partial charge in [-0.15, -0.1) is 0 Å². The lowest BCUT2D eigenvalue weighted by molar-refractivity contribution is -0.388. The number of hydrogen-bond donors (Lipinski definition) is 1. The van der Waals surface area contributed by atoms with Crippen molar-refractivity contribution in [3.8, 4) is 0 Å². The number of thioether (sulfide) groups is 1. The van der Waals surface area contributed by atoms with Gasteiger partial charge in [0.1, 0.15) is 5.82 Å². The molecule has 0 unspecified atom stereocenters. The summed E-state index contributed by atoms with van der Waals surface area (Å²) in [6.07, 6.45) is 0.989. The largest absolute Gasteiger partial charge is 0.370 e. The summed E-state index contributed by atoms with van der Waals surface area (Å²) in [7, 11) is 0. The van der Waals surface area contributed by atoms with Crippen molar-refractivity contribution in [2.75, 3.05) is 37.2 Å². The SMILES string of the molecule is CCCNc1ccc([N+](=O)[O-])c(SCCN(CC)CC)n1. The summed E-state index contributed by atoms with van der Waals surface area (Å²) in [5, 5.41) is 14.7. The molecule has 1 heterocycles. The van der Waals surface area contributed by atoms with Gasteiger partial charge in [-0.3, -0.25) is 10.1 Å². The van der Waals surface area contributed by atoms with Gasteiger partial charge in [-0.25, -0.2) is 4.98 Å². The van der Waals surface area contributed by atoms with Gasteiger partial charge < -0.3 is 10.2 Å². The van der Waals surface area contributed by atoms with Crippen LogP contribution in [0.5, 0.6) is 0 Å². The first-order valence-electron chi connectivity index (χ1n) is 7.36. The molecule has 0 radical (unpaired) electrons. The van der Waals surface area contributed by atoms with Crippen LogP contribution in [0.2, 0.25) is 0 Å². The molecular formula is C14H24N4O2S. The highest BCUT2D eigenvalue weighted by Crippen LogP contribution is 2.28. The van der Waals surface area contributed by atoms with Gasteiger partial charge in [-0.05, 0) is 25.6 Å². The number of hydrogen-bond acceptors (Lipinski definition) is 6. The number of nitro groups is 1. The highest BCUT2D eigenvalue weighted by atomic mass is 32.2. The lowest BCUT2D eigenvalue weighted by Gasteiger charge is -2.17. The molecule has 0 aliphatic carbocycles. The quantitative estimate of drug-likeness (QED) is 0.406. The minimum atomic E-state index is -0.365. The molecule has 0 saturated heterocycles. The summed E-state index contributed by atoms with van der Waals surface area (Å²) < 4.78 is 0. The minimum Gasteiger partial charge on any atom is -0.370 e. The van der Waals surface area contributed by atoms with Crippen LogP contribution in [0.3, 0.4) is 0 Å². The number of anilines is 1. The van der Waals surface area contributed by atoms with Crippen molar-refractivity contribution < 1.29 is 4.92 Å². The Balaban J connectivity index is 2.73. The lowest BCUT2D eigenvalue weighted by atomic mass is 10.4. The fraction of sp³-hybridized carbons (Fsp3) is 0.643. The van der Waals surface area contributed by atoms with E-state index in [-0.39, 0.29) is 10.6 Å². The molecule has 0 fully saturated rings. The smallest absolute Gasteiger partial charge is 0.301 e. The topological polar surface area (TPSA) is 71.3 Å². The van der Waals surface area contributed by atoms with Crippen LogP contribution in [0, 0.1) is 10.1 Å². The zero-order valence-electron chi connectivity index (χ0n) is 13.0. The van der Waals surface area contributed by atoms with Crippen LogP contribution in [0.25, 0.3) is 0 Å². The molecule has 1 aromatic heterocycles. The summed E-state index contributed by atoms with van der Waals surface area (Å²) in [5.74, 6) is 1.50. The molecule has 6 nitrogen and oxygen atoms in total. The van der Waals surface area contributed by atoms with E-state index in [1.807, 2.05) is 0 Å². The van der Waals surface area contributed by atoms with E-state index < -0.39 is 0 Å². The number of aromatic nitrogens is 1. The maximum Gasteiger partial charge on any atom is 0.301 e. The normalized spacial score (nSPS) is 10.9. The highest BCUT2D eigenvalue weighted by Gasteiger charge is 2.16. The monoisotopic (exact) mass is 312 g/mol. The Bertz CT molecular complexity index is 453. The highest BCUT2D eigenvalue weighted by molar-refractivity contribution is 7.99. The summed E-state index contributed by atoms with van der Waals surface area (Å²) in [6, 6.07) is 3.20. The summed E-state index contributed by atoms with van der Waals surface area (Å²) in [5.41, 5.74) is 0.0848. The third-order valence-electron chi connectivity index (χ3n) is 3.13. The average Bonchev–Trinajstić information content (AvgIpc) is 2.49. The van der Waals surface area contributed by atoms with E-state index in [9.17, 15) is 10.1 Å². The Morgan fingerprint density at radius 2 is 2.05 bits per heavy atom. The van der Waals surface area contributed by atoms with E-state index in [2.05, 4.69) is 36.0 Å². The molecule has 0 atom stereocenters. The Hall–Kier alpha value is -1.34. The van der Waals surface area contributed by atoms with Gasteiger partial charge in [-0.1, -0.05) is 32.5 Å². The molecule has 0 aromatic carbocycles. The molecule has 7 heteroatoms. The molecule has 0 aliphatic rings. The van der Waals surface area contributed by atoms with Gasteiger partial charge >= 0.3 is 5.69 Å². The Morgan fingerprint density at radius 1 is 1.33 bits per heavy atom. The zero-order chi connectivity index (χ0) is 15.7. The standard InChI is InChI=1S/C14H24N4O2S/c1-4-9-15-13-8-7-12(18(19)20)14(16-13)21-11-10-17(5-2)6-3/h7-8H,4-6,9-11H2,1-3H3,(H,15,16). The molecule has 118 valence electrons. The lowest BCUT2D eigenvalue weighted by Crippen LogP contribution is -2.25. The van der Waals surface area contributed by atoms with E-state index >= 15 is 0 Å². The predicted molar refractivity (Wildman–Crippen MR) is 88.2 cm³/mol. The van der Waals surface area contributed by atoms with Crippen LogP contribution in [0.4, 0.5) is 11.5 Å². The molecule has 0 bridgehead atoms. The first-order valence-corrected chi connectivity index (χ1v) is 8.35. The van der Waals surface area contributed by atoms with Gasteiger partial charge in [0.15, 0.2) is 5.03 Å². The fourth-order valence-corrected chi connectivity index (χ4v) is 2.84. The van der Waals surface area contributed by atoms with Crippen LogP contribution in [-0.4, -0.2) is 46.7 Å². The molecule has 0 saturated carbocycles. The van der Waals surface area contributed by atoms with Crippen LogP contribution >= 0.6 is 11.8 Å². The van der Waals surface area contributed by atoms with E-state index in [0.717, 1.165) is 38.4 Å². The molecule has 1 aromatic rings. The number of nitrogens with one attached hydrogen (secondary N) is 1. The second kappa shape index (κ2) is 9.57. The maximum atomic E-state index is 11.1. The van der Waals surface area contributed by atoms with Crippen molar-refractivity contribution >= 4 is 23.3 Å². The first-order chi connectivity index (χ1) is 10.1. The molecule has 21 heavy (non-hydrogen) atoms. The third kappa shape index (κ3) is 5.89. The van der Waals surface area contributed by atoms with Crippen molar-refractivity contribution in [3.05, 3.63) is 22.2 Å². The minimum absolute atomic E-state index is 0.0848. The fourth-order valence-electron chi connectivity index (χ4n) is 1.84. The number of pyridine rings is 1. The number of nitrogens with zero attached hydrogens (tertiary/aromatic N) is 3. The first kappa shape index (κ1) is 17.7. The van der Waals surface area contributed by atoms with Crippen LogP contribution < -0.4 is 5.32 Å². The van der Waals surface area contributed by atoms with Crippen LogP contribution in [-0.2, 0) is 0 Å². The Morgan fingerprint density at radius 3 is 2.62 bits per heavy atom. The average molecular weight is 312 g/mol. The van der Waals surface area contributed by atoms with E-state index in [0.29, 0.717) is 10.8 Å². The molecule has 0 spiro atoms. The third-order valence-corrected chi connectivity index (χ3v) is 4.09. The van der Waals surface area contributed by atoms with Crippen molar-refractivity contribution in [1.82, 2.24) is 9.88 Å². The van der Waals surface area contributed by atoms with Gasteiger partial charge in [-0.2, -0.15) is 0 Å². The summed E-state index contributed by atoms with van der Waals surface area (Å²) >= 11 is 1.45. The predicted octanol–water partition coefficient (Wildman–Crippen LogP) is 3.25. The second-order valence-electron chi connectivity index (χ2n) is 4.58. The maximum absolute atomic E-state index is 11.1. The van der Waals surface area contributed by atoms with Crippen molar-refractivity contribution in [2.45, 2.75) is 32.2 Å². The van der Waals surface area contributed by atoms with E-state index in [1.54, 1.807) is 6.07 Å². The molecule has 0 amide bonds. The van der Waals surface area contributed by atoms with Gasteiger partial charge in [0, 0.05) is 24.9 Å². The van der Waals surface area contributed by atoms with E-state index in [1.165, 1.54) is 17.8 Å². The van der Waals surface area contributed by atoms with Gasteiger partial charge in [0.05, 0.1) is 4.92 Å². The Labute approximate surface area is 130 Å². The molecule has 1 N–H and O–H groups in total. The Kier molecular flexibility index (Phi) is 8.07. The van der Waals surface area contributed by atoms with Crippen LogP contribution in [0.1, 0.15) is 27.2 Å². The van der Waals surface area contributed by atoms with E-state index in [4.69, 9.17) is 0 Å². The van der Waals surface area contributed by atoms with Crippen molar-refractivity contribution in [1.29, 1.82) is 0 Å². The summed E-state index contributed by atoms with van der Waals surface area (Å²) in [4.78, 5) is 17.4. The molecule has 0 aliphatic heterocycles. The van der Waals surface area contributed by atoms with Crippen molar-refractivity contribution in [2.24, 2.45) is 0 Å². The van der Waals surface area contributed by atoms with Crippen LogP contribution in [0.15, 0.2) is 17.2 Å². The van der Waals surface area contributed by atoms with Gasteiger partial charge in [0.25, 0.3) is 0 Å². The van der Waals surface area contributed by atoms with Crippen molar-refractivity contribution in [3.63, 3.8) is 0 Å². The molecular weight excluding hydrogens is 288 g/mol. The second-order valence-corrected chi connectivity index (χ2v) is 5.66. The summed E-state index contributed by atoms with van der Waals surface area (Å²) in [6.45, 7) is 10.00. The zero-order valence-corrected chi connectivity index (χ0v) is 13.8. The van der Waals surface area contributed by atoms with Gasteiger partial charge in [0.2, 0.25) is 0 Å².